The summed E-state index contributed by atoms with van der Waals surface area (Å²) in [6.07, 6.45) is 6.54. The number of nitriles is 1. The topological polar surface area (TPSA) is 52.8 Å². The van der Waals surface area contributed by atoms with Crippen LogP contribution in [0.5, 0.6) is 0 Å². The van der Waals surface area contributed by atoms with E-state index in [4.69, 9.17) is 5.26 Å². The third kappa shape index (κ3) is 1.99. The van der Waals surface area contributed by atoms with E-state index in [0.29, 0.717) is 11.6 Å². The molecule has 4 nitrogen and oxygen atoms in total. The molecule has 1 aliphatic carbocycles. The maximum absolute atomic E-state index is 9.06. The molecule has 1 aromatic heterocycles. The summed E-state index contributed by atoms with van der Waals surface area (Å²) in [4.78, 5) is 2.22. The molecule has 1 fully saturated rings. The van der Waals surface area contributed by atoms with E-state index in [0.717, 1.165) is 12.4 Å². The highest BCUT2D eigenvalue weighted by atomic mass is 15.3. The number of hydrogen-bond donors (Lipinski definition) is 0. The summed E-state index contributed by atoms with van der Waals surface area (Å²) in [5.41, 5.74) is 0.628. The maximum atomic E-state index is 9.06. The predicted molar refractivity (Wildman–Crippen MR) is 62.0 cm³/mol. The van der Waals surface area contributed by atoms with Gasteiger partial charge >= 0.3 is 0 Å². The van der Waals surface area contributed by atoms with Gasteiger partial charge in [-0.3, -0.25) is 0 Å². The molecule has 0 bridgehead atoms. The van der Waals surface area contributed by atoms with Gasteiger partial charge < -0.3 is 4.90 Å². The van der Waals surface area contributed by atoms with Crippen molar-refractivity contribution in [3.8, 4) is 6.07 Å². The number of rotatable bonds is 3. The van der Waals surface area contributed by atoms with Crippen LogP contribution in [-0.4, -0.2) is 22.8 Å². The molecule has 0 atom stereocenters. The zero-order valence-corrected chi connectivity index (χ0v) is 9.56. The van der Waals surface area contributed by atoms with E-state index >= 15 is 0 Å². The Hall–Kier alpha value is -1.63. The van der Waals surface area contributed by atoms with E-state index in [1.165, 1.54) is 25.7 Å². The molecule has 1 saturated carbocycles. The molecule has 0 amide bonds. The van der Waals surface area contributed by atoms with Crippen LogP contribution in [0.15, 0.2) is 12.3 Å². The Balaban J connectivity index is 2.29. The first-order chi connectivity index (χ1) is 7.86. The fourth-order valence-corrected chi connectivity index (χ4v) is 2.42. The largest absolute Gasteiger partial charge is 0.351 e. The van der Waals surface area contributed by atoms with Crippen molar-refractivity contribution in [1.29, 1.82) is 5.26 Å². The lowest BCUT2D eigenvalue weighted by molar-refractivity contribution is 0.608. The Morgan fingerprint density at radius 1 is 1.50 bits per heavy atom. The van der Waals surface area contributed by atoms with Gasteiger partial charge in [0.05, 0.1) is 11.8 Å². The van der Waals surface area contributed by atoms with Crippen molar-refractivity contribution in [2.24, 2.45) is 0 Å². The van der Waals surface area contributed by atoms with E-state index in [-0.39, 0.29) is 0 Å². The summed E-state index contributed by atoms with van der Waals surface area (Å²) < 4.78 is 0. The molecule has 1 aliphatic rings. The second-order valence-electron chi connectivity index (χ2n) is 4.10. The van der Waals surface area contributed by atoms with E-state index in [1.807, 2.05) is 0 Å². The van der Waals surface area contributed by atoms with Crippen LogP contribution < -0.4 is 4.90 Å². The van der Waals surface area contributed by atoms with Crippen LogP contribution in [-0.2, 0) is 0 Å². The van der Waals surface area contributed by atoms with Gasteiger partial charge in [0.25, 0.3) is 0 Å². The zero-order chi connectivity index (χ0) is 11.4. The van der Waals surface area contributed by atoms with E-state index in [1.54, 1.807) is 12.3 Å². The molecule has 0 radical (unpaired) electrons. The lowest BCUT2D eigenvalue weighted by Gasteiger charge is -2.28. The van der Waals surface area contributed by atoms with Crippen LogP contribution in [0.2, 0.25) is 0 Å². The van der Waals surface area contributed by atoms with Crippen LogP contribution in [0.4, 0.5) is 5.82 Å². The normalized spacial score (nSPS) is 16.0. The Bertz CT molecular complexity index is 390. The van der Waals surface area contributed by atoms with Crippen LogP contribution >= 0.6 is 0 Å². The number of nitrogens with zero attached hydrogens (tertiary/aromatic N) is 4. The first-order valence-corrected chi connectivity index (χ1v) is 5.85. The summed E-state index contributed by atoms with van der Waals surface area (Å²) in [7, 11) is 0. The average Bonchev–Trinajstić information content (AvgIpc) is 2.84. The molecule has 0 unspecified atom stereocenters. The quantitative estimate of drug-likeness (QED) is 0.776. The molecule has 0 N–H and O–H groups in total. The first-order valence-electron chi connectivity index (χ1n) is 5.85. The molecule has 16 heavy (non-hydrogen) atoms. The molecule has 0 spiro atoms. The van der Waals surface area contributed by atoms with E-state index in [2.05, 4.69) is 28.1 Å². The smallest absolute Gasteiger partial charge is 0.169 e. The molecule has 84 valence electrons. The second kappa shape index (κ2) is 4.93. The van der Waals surface area contributed by atoms with Crippen molar-refractivity contribution in [3.63, 3.8) is 0 Å². The third-order valence-electron chi connectivity index (χ3n) is 3.20. The molecule has 4 heteroatoms. The van der Waals surface area contributed by atoms with Crippen molar-refractivity contribution in [1.82, 2.24) is 10.2 Å². The lowest BCUT2D eigenvalue weighted by Crippen LogP contribution is -2.34. The molecule has 0 saturated heterocycles. The van der Waals surface area contributed by atoms with E-state index < -0.39 is 0 Å². The third-order valence-corrected chi connectivity index (χ3v) is 3.20. The van der Waals surface area contributed by atoms with Crippen LogP contribution in [0, 0.1) is 11.3 Å². The van der Waals surface area contributed by atoms with Gasteiger partial charge in [0, 0.05) is 12.6 Å². The van der Waals surface area contributed by atoms with Crippen LogP contribution in [0.25, 0.3) is 0 Å². The zero-order valence-electron chi connectivity index (χ0n) is 9.56. The second-order valence-corrected chi connectivity index (χ2v) is 4.10. The standard InChI is InChI=1S/C12H16N4/c1-2-16(11-5-3-4-6-11)12-10(9-13)7-8-14-15-12/h7-8,11H,2-6H2,1H3. The summed E-state index contributed by atoms with van der Waals surface area (Å²) in [5.74, 6) is 0.749. The van der Waals surface area contributed by atoms with Gasteiger partial charge in [-0.2, -0.15) is 10.4 Å². The summed E-state index contributed by atoms with van der Waals surface area (Å²) in [6, 6.07) is 4.46. The fourth-order valence-electron chi connectivity index (χ4n) is 2.42. The minimum absolute atomic E-state index is 0.536. The van der Waals surface area contributed by atoms with Crippen molar-refractivity contribution in [3.05, 3.63) is 17.8 Å². The summed E-state index contributed by atoms with van der Waals surface area (Å²) >= 11 is 0. The fraction of sp³-hybridized carbons (Fsp3) is 0.583. The molecule has 0 aliphatic heterocycles. The molecule has 1 heterocycles. The van der Waals surface area contributed by atoms with E-state index in [9.17, 15) is 0 Å². The Morgan fingerprint density at radius 3 is 2.88 bits per heavy atom. The number of hydrogen-bond acceptors (Lipinski definition) is 4. The predicted octanol–water partition coefficient (Wildman–Crippen LogP) is 2.12. The first kappa shape index (κ1) is 10.9. The SMILES string of the molecule is CCN(c1nnccc1C#N)C1CCCC1. The molecule has 2 rings (SSSR count). The molecular formula is C12H16N4. The van der Waals surface area contributed by atoms with Gasteiger partial charge in [0.15, 0.2) is 5.82 Å². The Morgan fingerprint density at radius 2 is 2.25 bits per heavy atom. The Labute approximate surface area is 95.9 Å². The van der Waals surface area contributed by atoms with Crippen molar-refractivity contribution in [2.75, 3.05) is 11.4 Å². The van der Waals surface area contributed by atoms with Gasteiger partial charge in [0.1, 0.15) is 6.07 Å². The summed E-state index contributed by atoms with van der Waals surface area (Å²) in [5, 5.41) is 17.1. The number of anilines is 1. The van der Waals surface area contributed by atoms with Gasteiger partial charge in [-0.1, -0.05) is 12.8 Å². The van der Waals surface area contributed by atoms with Gasteiger partial charge in [-0.05, 0) is 25.8 Å². The maximum Gasteiger partial charge on any atom is 0.169 e. The highest BCUT2D eigenvalue weighted by molar-refractivity contribution is 5.53. The minimum atomic E-state index is 0.536. The van der Waals surface area contributed by atoms with Crippen molar-refractivity contribution in [2.45, 2.75) is 38.6 Å². The van der Waals surface area contributed by atoms with Crippen LogP contribution in [0.1, 0.15) is 38.2 Å². The molecule has 1 aromatic rings. The highest BCUT2D eigenvalue weighted by Crippen LogP contribution is 2.28. The van der Waals surface area contributed by atoms with Crippen LogP contribution in [0.3, 0.4) is 0 Å². The van der Waals surface area contributed by atoms with Gasteiger partial charge in [0.2, 0.25) is 0 Å². The van der Waals surface area contributed by atoms with Crippen molar-refractivity contribution >= 4 is 5.82 Å². The molecule has 0 aromatic carbocycles. The van der Waals surface area contributed by atoms with Gasteiger partial charge in [-0.15, -0.1) is 5.10 Å². The monoisotopic (exact) mass is 216 g/mol. The molecular weight excluding hydrogens is 200 g/mol. The van der Waals surface area contributed by atoms with Crippen molar-refractivity contribution < 1.29 is 0 Å². The van der Waals surface area contributed by atoms with Gasteiger partial charge in [-0.25, -0.2) is 0 Å². The highest BCUT2D eigenvalue weighted by Gasteiger charge is 2.24. The average molecular weight is 216 g/mol. The summed E-state index contributed by atoms with van der Waals surface area (Å²) in [6.45, 7) is 2.99. The number of aromatic nitrogens is 2. The minimum Gasteiger partial charge on any atom is -0.351 e. The Kier molecular flexibility index (Phi) is 3.35. The lowest BCUT2D eigenvalue weighted by atomic mass is 10.2.